The molecule has 9 aromatic heterocycles. The molecule has 0 N–H and O–H groups in total. The summed E-state index contributed by atoms with van der Waals surface area (Å²) in [4.78, 5) is 22.3. The summed E-state index contributed by atoms with van der Waals surface area (Å²) in [5.41, 5.74) is 25.3. The van der Waals surface area contributed by atoms with Crippen LogP contribution in [0.25, 0.3) is 194 Å². The van der Waals surface area contributed by atoms with Crippen molar-refractivity contribution in [2.45, 2.75) is 0 Å². The Morgan fingerprint density at radius 1 is 0.158 bits per heavy atom. The molecular weight excluding hydrogens is 1240 g/mol. The minimum Gasteiger partial charge on any atom is -0.309 e. The quantitative estimate of drug-likeness (QED) is 0.166. The number of fused-ring (bicyclic) bond motifs is 27. The maximum atomic E-state index is 5.60. The van der Waals surface area contributed by atoms with Gasteiger partial charge in [0.2, 0.25) is 23.1 Å². The maximum Gasteiger partial charge on any atom is 0.223 e. The van der Waals surface area contributed by atoms with Crippen LogP contribution in [0.15, 0.2) is 322 Å². The summed E-state index contributed by atoms with van der Waals surface area (Å²) in [6.07, 6.45) is 0. The van der Waals surface area contributed by atoms with Gasteiger partial charge in [-0.25, -0.2) is 29.1 Å². The van der Waals surface area contributed by atoms with E-state index in [-0.39, 0.29) is 0 Å². The number of aromatic nitrogens is 13. The zero-order chi connectivity index (χ0) is 65.7. The van der Waals surface area contributed by atoms with Crippen LogP contribution in [-0.4, -0.2) is 60.4 Å². The molecule has 0 saturated carbocycles. The van der Waals surface area contributed by atoms with Crippen molar-refractivity contribution >= 4 is 155 Å². The summed E-state index contributed by atoms with van der Waals surface area (Å²) >= 11 is 0. The Kier molecular flexibility index (Phi) is 10.9. The average Bonchev–Trinajstić information content (AvgIpc) is 1.56. The van der Waals surface area contributed by atoms with Crippen molar-refractivity contribution in [2.75, 3.05) is 0 Å². The van der Waals surface area contributed by atoms with E-state index in [0.29, 0.717) is 0 Å². The normalized spacial score (nSPS) is 12.4. The predicted octanol–water partition coefficient (Wildman–Crippen LogP) is 20.9. The van der Waals surface area contributed by atoms with Crippen LogP contribution in [-0.2, 0) is 0 Å². The molecule has 0 aliphatic heterocycles. The zero-order valence-electron chi connectivity index (χ0n) is 53.9. The van der Waals surface area contributed by atoms with Crippen molar-refractivity contribution < 1.29 is 0 Å². The molecule has 14 aromatic carbocycles. The van der Waals surface area contributed by atoms with Gasteiger partial charge in [-0.05, 0) is 169 Å². The van der Waals surface area contributed by atoms with E-state index in [2.05, 4.69) is 362 Å². The summed E-state index contributed by atoms with van der Waals surface area (Å²) in [6, 6.07) is 116. The number of imidazole rings is 4. The Hall–Kier alpha value is -14.0. The molecule has 23 aromatic rings. The molecule has 0 saturated heterocycles. The molecule has 0 aliphatic rings. The molecule has 0 bridgehead atoms. The van der Waals surface area contributed by atoms with Crippen molar-refractivity contribution in [1.82, 2.24) is 60.4 Å². The smallest absolute Gasteiger partial charge is 0.223 e. The van der Waals surface area contributed by atoms with E-state index < -0.39 is 0 Å². The first-order chi connectivity index (χ1) is 50.1. The van der Waals surface area contributed by atoms with E-state index in [1.54, 1.807) is 0 Å². The first-order valence-corrected chi connectivity index (χ1v) is 34.1. The third kappa shape index (κ3) is 7.51. The lowest BCUT2D eigenvalue weighted by atomic mass is 10.0. The van der Waals surface area contributed by atoms with Crippen LogP contribution >= 0.6 is 0 Å². The van der Waals surface area contributed by atoms with Crippen molar-refractivity contribution in [2.24, 2.45) is 0 Å². The van der Waals surface area contributed by atoms with Crippen LogP contribution in [0.2, 0.25) is 0 Å². The molecule has 0 unspecified atom stereocenters. The molecule has 0 aliphatic carbocycles. The zero-order valence-corrected chi connectivity index (χ0v) is 53.9. The van der Waals surface area contributed by atoms with Gasteiger partial charge in [-0.1, -0.05) is 164 Å². The minimum absolute atomic E-state index is 0.739. The molecule has 0 fully saturated rings. The predicted molar refractivity (Wildman–Crippen MR) is 411 cm³/mol. The fourth-order valence-corrected chi connectivity index (χ4v) is 16.7. The van der Waals surface area contributed by atoms with E-state index >= 15 is 0 Å². The fourth-order valence-electron chi connectivity index (χ4n) is 16.7. The van der Waals surface area contributed by atoms with Gasteiger partial charge in [-0.2, -0.15) is 0 Å². The van der Waals surface area contributed by atoms with Crippen molar-refractivity contribution in [3.05, 3.63) is 322 Å². The molecule has 0 spiro atoms. The summed E-state index contributed by atoms with van der Waals surface area (Å²) in [7, 11) is 0. The molecule has 470 valence electrons. The molecule has 9 heterocycles. The van der Waals surface area contributed by atoms with Crippen LogP contribution in [0.4, 0.5) is 0 Å². The van der Waals surface area contributed by atoms with E-state index in [1.807, 2.05) is 0 Å². The monoisotopic (exact) mass is 1290 g/mol. The van der Waals surface area contributed by atoms with Crippen LogP contribution < -0.4 is 0 Å². The third-order valence-corrected chi connectivity index (χ3v) is 21.0. The minimum atomic E-state index is 0.739. The van der Waals surface area contributed by atoms with Crippen molar-refractivity contribution in [3.63, 3.8) is 0 Å². The Morgan fingerprint density at radius 3 is 0.980 bits per heavy atom. The van der Waals surface area contributed by atoms with Gasteiger partial charge in [-0.3, -0.25) is 17.6 Å². The largest absolute Gasteiger partial charge is 0.309 e. The number of rotatable bonds is 6. The topological polar surface area (TPSA) is 93.9 Å². The summed E-state index contributed by atoms with van der Waals surface area (Å²) < 4.78 is 21.0. The van der Waals surface area contributed by atoms with Gasteiger partial charge in [0, 0.05) is 49.4 Å². The van der Waals surface area contributed by atoms with Gasteiger partial charge in [0.25, 0.3) is 0 Å². The van der Waals surface area contributed by atoms with E-state index in [4.69, 9.17) is 19.9 Å². The number of para-hydroxylation sites is 13. The Bertz CT molecular complexity index is 7550. The lowest BCUT2D eigenvalue weighted by Crippen LogP contribution is -2.02. The SMILES string of the molecule is c1ccc(-n2c3ccccc3c3ccc(-n4c5nc6ccccc6n5c5ccc(-c6cccc(-n7c8ccccc8c8cc(-n9c%10nc%11ccccc%11n%10c%10ccc(-n%11c%12ccccc%12c%12ccccc%12%11)cc%10n%10c%11ccccc%11nc9%10)ccc87)c6)cc5n5c6ccccc6nc45)cc32)cc1. The highest BCUT2D eigenvalue weighted by atomic mass is 15.3. The fraction of sp³-hybridized carbons (Fsp3) is 0. The lowest BCUT2D eigenvalue weighted by molar-refractivity contribution is 1.03. The van der Waals surface area contributed by atoms with Crippen LogP contribution in [0.1, 0.15) is 0 Å². The molecular formula is C88H53N13. The summed E-state index contributed by atoms with van der Waals surface area (Å²) in [5, 5.41) is 7.01. The highest BCUT2D eigenvalue weighted by Crippen LogP contribution is 2.41. The molecule has 13 nitrogen and oxygen atoms in total. The summed E-state index contributed by atoms with van der Waals surface area (Å²) in [6.45, 7) is 0. The number of nitrogens with zero attached hydrogens (tertiary/aromatic N) is 13. The van der Waals surface area contributed by atoms with Gasteiger partial charge in [0.1, 0.15) is 0 Å². The van der Waals surface area contributed by atoms with Crippen molar-refractivity contribution in [1.29, 1.82) is 0 Å². The first kappa shape index (κ1) is 54.1. The molecule has 101 heavy (non-hydrogen) atoms. The van der Waals surface area contributed by atoms with Gasteiger partial charge in [0.15, 0.2) is 0 Å². The number of hydrogen-bond donors (Lipinski definition) is 0. The lowest BCUT2D eigenvalue weighted by Gasteiger charge is -2.12. The Balaban J connectivity index is 0.734. The maximum absolute atomic E-state index is 5.60. The van der Waals surface area contributed by atoms with Gasteiger partial charge in [-0.15, -0.1) is 0 Å². The Labute approximate surface area is 572 Å². The van der Waals surface area contributed by atoms with Crippen LogP contribution in [0, 0.1) is 0 Å². The molecule has 0 amide bonds. The Morgan fingerprint density at radius 2 is 0.475 bits per heavy atom. The summed E-state index contributed by atoms with van der Waals surface area (Å²) in [5.74, 6) is 2.97. The van der Waals surface area contributed by atoms with Crippen LogP contribution in [0.3, 0.4) is 0 Å². The van der Waals surface area contributed by atoms with E-state index in [9.17, 15) is 0 Å². The molecule has 13 heteroatoms. The highest BCUT2D eigenvalue weighted by molar-refractivity contribution is 6.13. The second-order valence-electron chi connectivity index (χ2n) is 26.4. The van der Waals surface area contributed by atoms with Gasteiger partial charge in [0.05, 0.1) is 111 Å². The number of hydrogen-bond acceptors (Lipinski definition) is 4. The third-order valence-electron chi connectivity index (χ3n) is 21.0. The molecule has 23 rings (SSSR count). The second-order valence-corrected chi connectivity index (χ2v) is 26.4. The standard InChI is InChI=1S/C88H53N13/c1-2-22-56(23-3-1)93-71-33-12-6-27-63(71)65-45-42-60(52-82(65)93)97-86-90-67-29-8-16-37-76(67)98(86)80-46-41-55(50-83(80)100-78-39-18-10-31-69(78)92-88(97)100)54-21-20-24-57(49-54)94-74-36-15-7-28-64(74)66-51-58(43-47-75(66)94)96-85-89-68-30-9-17-38-77(68)99(85)81-48-44-59(53-84(81)101-79-40-19-11-32-70(79)91-87(96)101)95-72-34-13-4-25-61(72)62-26-5-14-35-73(62)95/h1-53H. The van der Waals surface area contributed by atoms with Crippen LogP contribution in [0.5, 0.6) is 0 Å². The van der Waals surface area contributed by atoms with Gasteiger partial charge < -0.3 is 13.7 Å². The molecule has 0 radical (unpaired) electrons. The van der Waals surface area contributed by atoms with Gasteiger partial charge >= 0.3 is 0 Å². The number of benzene rings is 14. The van der Waals surface area contributed by atoms with E-state index in [0.717, 1.165) is 173 Å². The average molecular weight is 1290 g/mol. The van der Waals surface area contributed by atoms with Crippen molar-refractivity contribution in [3.8, 4) is 39.6 Å². The molecule has 0 atom stereocenters. The first-order valence-electron chi connectivity index (χ1n) is 34.1. The van der Waals surface area contributed by atoms with E-state index in [1.165, 1.54) is 21.5 Å². The highest BCUT2D eigenvalue weighted by Gasteiger charge is 2.25. The second kappa shape index (κ2) is 20.3.